The average Bonchev–Trinajstić information content (AvgIpc) is 2.92. The van der Waals surface area contributed by atoms with Gasteiger partial charge in [0.25, 0.3) is 0 Å². The minimum absolute atomic E-state index is 0.126. The molecule has 24 heavy (non-hydrogen) atoms. The molecule has 128 valence electrons. The van der Waals surface area contributed by atoms with Crippen LogP contribution in [0.2, 0.25) is 0 Å². The van der Waals surface area contributed by atoms with E-state index in [1.54, 1.807) is 18.5 Å². The van der Waals surface area contributed by atoms with Crippen LogP contribution in [0.1, 0.15) is 13.3 Å². The maximum absolute atomic E-state index is 12.4. The number of hydrogen-bond donors (Lipinski definition) is 2. The van der Waals surface area contributed by atoms with E-state index < -0.39 is 11.2 Å². The molecule has 11 heteroatoms. The molecule has 3 rings (SSSR count). The third-order valence-corrected chi connectivity index (χ3v) is 6.02. The van der Waals surface area contributed by atoms with Crippen LogP contribution in [0.25, 0.3) is 0 Å². The normalized spacial score (nSPS) is 21.2. The summed E-state index contributed by atoms with van der Waals surface area (Å²) in [6.45, 7) is 1.70. The van der Waals surface area contributed by atoms with Crippen LogP contribution < -0.4 is 5.32 Å². The van der Waals surface area contributed by atoms with E-state index in [1.807, 2.05) is 0 Å². The van der Waals surface area contributed by atoms with Gasteiger partial charge in [-0.3, -0.25) is 14.5 Å². The highest BCUT2D eigenvalue weighted by atomic mass is 32.2. The molecular formula is C13H15N5O4S2. The van der Waals surface area contributed by atoms with Crippen molar-refractivity contribution in [3.8, 4) is 0 Å². The summed E-state index contributed by atoms with van der Waals surface area (Å²) in [6, 6.07) is 0. The molecule has 2 atom stereocenters. The minimum Gasteiger partial charge on any atom is -0.477 e. The Bertz CT molecular complexity index is 746. The summed E-state index contributed by atoms with van der Waals surface area (Å²) < 4.78 is 1.69. The highest BCUT2D eigenvalue weighted by Gasteiger charge is 2.45. The number of aromatic nitrogens is 3. The molecule has 2 aliphatic rings. The number of carbonyl (C=O) groups is 3. The van der Waals surface area contributed by atoms with E-state index >= 15 is 0 Å². The lowest BCUT2D eigenvalue weighted by atomic mass is 10.1. The van der Waals surface area contributed by atoms with Crippen LogP contribution >= 0.6 is 23.5 Å². The van der Waals surface area contributed by atoms with Crippen molar-refractivity contribution in [2.45, 2.75) is 29.1 Å². The number of nitrogens with zero attached hydrogens (tertiary/aromatic N) is 4. The molecule has 1 aromatic rings. The Hall–Kier alpha value is -2.01. The zero-order valence-corrected chi connectivity index (χ0v) is 14.6. The van der Waals surface area contributed by atoms with Gasteiger partial charge in [-0.25, -0.2) is 4.79 Å². The van der Waals surface area contributed by atoms with Crippen molar-refractivity contribution in [1.29, 1.82) is 0 Å². The number of fused-ring (bicyclic) bond motifs is 1. The zero-order chi connectivity index (χ0) is 17.4. The van der Waals surface area contributed by atoms with Crippen LogP contribution in [-0.4, -0.2) is 58.9 Å². The highest BCUT2D eigenvalue weighted by Crippen LogP contribution is 2.39. The fourth-order valence-corrected chi connectivity index (χ4v) is 4.34. The van der Waals surface area contributed by atoms with E-state index in [0.29, 0.717) is 17.3 Å². The predicted molar refractivity (Wildman–Crippen MR) is 86.8 cm³/mol. The first-order valence-electron chi connectivity index (χ1n) is 7.10. The number of thioether (sulfide) groups is 2. The summed E-state index contributed by atoms with van der Waals surface area (Å²) in [5, 5.41) is 19.7. The van der Waals surface area contributed by atoms with Gasteiger partial charge in [-0.1, -0.05) is 11.8 Å². The van der Waals surface area contributed by atoms with Crippen molar-refractivity contribution < 1.29 is 19.5 Å². The molecule has 2 N–H and O–H groups in total. The van der Waals surface area contributed by atoms with E-state index in [4.69, 9.17) is 0 Å². The number of aryl methyl sites for hydroxylation is 1. The van der Waals surface area contributed by atoms with Gasteiger partial charge in [-0.15, -0.1) is 22.0 Å². The summed E-state index contributed by atoms with van der Waals surface area (Å²) in [6.07, 6.45) is 1.87. The number of hydrogen-bond acceptors (Lipinski definition) is 7. The van der Waals surface area contributed by atoms with E-state index in [2.05, 4.69) is 15.5 Å². The molecule has 9 nitrogen and oxygen atoms in total. The molecule has 1 saturated heterocycles. The van der Waals surface area contributed by atoms with Crippen LogP contribution in [0.5, 0.6) is 0 Å². The Morgan fingerprint density at radius 1 is 1.54 bits per heavy atom. The molecule has 3 heterocycles. The standard InChI is InChI=1S/C13H15N5O4S2/c1-6(24-13-16-14-5-17(13)2)11(20)15-7-4-23-9-3-8(19)18(9)10(7)12(21)22/h5-6,9H,3-4H2,1-2H3,(H,15,20)(H,21,22)/t6-,9?/m0/s1. The molecular weight excluding hydrogens is 354 g/mol. The van der Waals surface area contributed by atoms with E-state index in [1.165, 1.54) is 34.8 Å². The SMILES string of the molecule is C[C@H](Sc1nncn1C)C(=O)NC1=C(C(=O)O)N2C(=O)CC2SC1. The first kappa shape index (κ1) is 16.8. The van der Waals surface area contributed by atoms with E-state index in [-0.39, 0.29) is 28.6 Å². The van der Waals surface area contributed by atoms with E-state index in [0.717, 1.165) is 0 Å². The Morgan fingerprint density at radius 2 is 2.29 bits per heavy atom. The van der Waals surface area contributed by atoms with E-state index in [9.17, 15) is 19.5 Å². The van der Waals surface area contributed by atoms with Crippen molar-refractivity contribution in [3.05, 3.63) is 17.7 Å². The van der Waals surface area contributed by atoms with Crippen LogP contribution in [0.4, 0.5) is 0 Å². The topological polar surface area (TPSA) is 117 Å². The second kappa shape index (κ2) is 6.48. The summed E-state index contributed by atoms with van der Waals surface area (Å²) in [7, 11) is 1.77. The zero-order valence-electron chi connectivity index (χ0n) is 12.9. The van der Waals surface area contributed by atoms with Crippen LogP contribution in [0, 0.1) is 0 Å². The first-order valence-corrected chi connectivity index (χ1v) is 9.03. The largest absolute Gasteiger partial charge is 0.477 e. The lowest BCUT2D eigenvalue weighted by Crippen LogP contribution is -2.55. The third-order valence-electron chi connectivity index (χ3n) is 3.65. The molecule has 0 bridgehead atoms. The molecule has 1 unspecified atom stereocenters. The van der Waals surface area contributed by atoms with Crippen LogP contribution in [0.3, 0.4) is 0 Å². The number of carboxylic acids is 1. The lowest BCUT2D eigenvalue weighted by Gasteiger charge is -2.43. The fraction of sp³-hybridized carbons (Fsp3) is 0.462. The Kier molecular flexibility index (Phi) is 4.54. The highest BCUT2D eigenvalue weighted by molar-refractivity contribution is 8.00. The fourth-order valence-electron chi connectivity index (χ4n) is 2.35. The van der Waals surface area contributed by atoms with Crippen molar-refractivity contribution in [2.75, 3.05) is 5.75 Å². The van der Waals surface area contributed by atoms with Gasteiger partial charge < -0.3 is 15.0 Å². The molecule has 0 radical (unpaired) electrons. The number of carboxylic acid groups (broad SMARTS) is 1. The molecule has 2 amide bonds. The van der Waals surface area contributed by atoms with Gasteiger partial charge in [0.15, 0.2) is 10.9 Å². The summed E-state index contributed by atoms with van der Waals surface area (Å²) in [4.78, 5) is 36.8. The van der Waals surface area contributed by atoms with Crippen LogP contribution in [0.15, 0.2) is 22.9 Å². The van der Waals surface area contributed by atoms with Gasteiger partial charge in [0.05, 0.1) is 22.7 Å². The minimum atomic E-state index is -1.21. The number of β-lactam (4-membered cyclic amide) rings is 1. The maximum atomic E-state index is 12.4. The number of amides is 2. The van der Waals surface area contributed by atoms with Crippen molar-refractivity contribution in [2.24, 2.45) is 7.05 Å². The van der Waals surface area contributed by atoms with Gasteiger partial charge in [-0.05, 0) is 6.92 Å². The molecule has 0 spiro atoms. The third kappa shape index (κ3) is 3.00. The van der Waals surface area contributed by atoms with Gasteiger partial charge >= 0.3 is 5.97 Å². The molecule has 1 fully saturated rings. The monoisotopic (exact) mass is 369 g/mol. The number of aliphatic carboxylic acids is 1. The summed E-state index contributed by atoms with van der Waals surface area (Å²) in [5.74, 6) is -1.44. The maximum Gasteiger partial charge on any atom is 0.354 e. The predicted octanol–water partition coefficient (Wildman–Crippen LogP) is 0.0133. The number of carbonyl (C=O) groups excluding carboxylic acids is 2. The van der Waals surface area contributed by atoms with Crippen molar-refractivity contribution >= 4 is 41.3 Å². The molecule has 1 aromatic heterocycles. The van der Waals surface area contributed by atoms with Gasteiger partial charge in [0, 0.05) is 12.8 Å². The molecule has 0 aromatic carbocycles. The van der Waals surface area contributed by atoms with Gasteiger partial charge in [-0.2, -0.15) is 0 Å². The lowest BCUT2D eigenvalue weighted by molar-refractivity contribution is -0.146. The second-order valence-corrected chi connectivity index (χ2v) is 7.81. The molecule has 0 aliphatic carbocycles. The smallest absolute Gasteiger partial charge is 0.354 e. The second-order valence-electron chi connectivity index (χ2n) is 5.34. The Balaban J connectivity index is 1.74. The quantitative estimate of drug-likeness (QED) is 0.551. The first-order chi connectivity index (χ1) is 11.4. The Morgan fingerprint density at radius 3 is 2.88 bits per heavy atom. The number of nitrogens with one attached hydrogen (secondary N) is 1. The Labute approximate surface area is 145 Å². The van der Waals surface area contributed by atoms with Crippen LogP contribution in [-0.2, 0) is 21.4 Å². The number of rotatable bonds is 5. The summed E-state index contributed by atoms with van der Waals surface area (Å²) in [5.41, 5.74) is 0.131. The molecule has 0 saturated carbocycles. The van der Waals surface area contributed by atoms with Gasteiger partial charge in [0.1, 0.15) is 6.33 Å². The molecule has 2 aliphatic heterocycles. The van der Waals surface area contributed by atoms with Crippen molar-refractivity contribution in [3.63, 3.8) is 0 Å². The summed E-state index contributed by atoms with van der Waals surface area (Å²) >= 11 is 2.66. The van der Waals surface area contributed by atoms with Crippen molar-refractivity contribution in [1.82, 2.24) is 25.0 Å². The van der Waals surface area contributed by atoms with Gasteiger partial charge in [0.2, 0.25) is 11.8 Å². The average molecular weight is 369 g/mol.